The summed E-state index contributed by atoms with van der Waals surface area (Å²) in [6.45, 7) is 2.42. The van der Waals surface area contributed by atoms with E-state index >= 15 is 0 Å². The van der Waals surface area contributed by atoms with E-state index in [1.807, 2.05) is 12.3 Å². The van der Waals surface area contributed by atoms with Crippen LogP contribution in [0.3, 0.4) is 0 Å². The average Bonchev–Trinajstić information content (AvgIpc) is 2.97. The Labute approximate surface area is 101 Å². The minimum Gasteiger partial charge on any atom is -0.404 e. The Balaban J connectivity index is 1.91. The number of aromatic nitrogens is 1. The quantitative estimate of drug-likeness (QED) is 0.654. The summed E-state index contributed by atoms with van der Waals surface area (Å²) < 4.78 is 5.03. The van der Waals surface area contributed by atoms with E-state index < -0.39 is 4.92 Å². The molecule has 0 amide bonds. The van der Waals surface area contributed by atoms with Crippen molar-refractivity contribution in [2.24, 2.45) is 0 Å². The summed E-state index contributed by atoms with van der Waals surface area (Å²) in [5.41, 5.74) is 0. The van der Waals surface area contributed by atoms with E-state index in [0.29, 0.717) is 12.3 Å². The van der Waals surface area contributed by atoms with Crippen LogP contribution in [0.25, 0.3) is 0 Å². The molecule has 0 fully saturated rings. The third kappa shape index (κ3) is 2.89. The van der Waals surface area contributed by atoms with Crippen LogP contribution in [0, 0.1) is 10.1 Å². The van der Waals surface area contributed by atoms with Crippen LogP contribution in [0.4, 0.5) is 5.88 Å². The molecule has 7 heteroatoms. The standard InChI is InChI=1S/C10H11N3O3S/c1-7(10-11-4-5-17-10)12-6-8-2-3-9(16-8)13(14)15/h2-5,7,12H,6H2,1H3. The van der Waals surface area contributed by atoms with Gasteiger partial charge in [0.15, 0.2) is 0 Å². The summed E-state index contributed by atoms with van der Waals surface area (Å²) in [7, 11) is 0. The van der Waals surface area contributed by atoms with Crippen LogP contribution >= 0.6 is 11.3 Å². The normalized spacial score (nSPS) is 12.5. The lowest BCUT2D eigenvalue weighted by Crippen LogP contribution is -2.17. The number of nitro groups is 1. The molecule has 0 bridgehead atoms. The first-order chi connectivity index (χ1) is 8.16. The first kappa shape index (κ1) is 11.7. The van der Waals surface area contributed by atoms with Crippen LogP contribution < -0.4 is 5.32 Å². The molecule has 1 atom stereocenters. The smallest absolute Gasteiger partial charge is 0.404 e. The molecule has 1 unspecified atom stereocenters. The first-order valence-corrected chi connectivity index (χ1v) is 5.90. The van der Waals surface area contributed by atoms with Gasteiger partial charge in [-0.2, -0.15) is 0 Å². The van der Waals surface area contributed by atoms with E-state index in [2.05, 4.69) is 10.3 Å². The highest BCUT2D eigenvalue weighted by Gasteiger charge is 2.13. The highest BCUT2D eigenvalue weighted by Crippen LogP contribution is 2.18. The summed E-state index contributed by atoms with van der Waals surface area (Å²) >= 11 is 1.56. The number of furan rings is 1. The van der Waals surface area contributed by atoms with Crippen molar-refractivity contribution in [1.29, 1.82) is 0 Å². The number of thiazole rings is 1. The molecule has 2 heterocycles. The van der Waals surface area contributed by atoms with Crippen molar-refractivity contribution in [3.05, 3.63) is 44.6 Å². The lowest BCUT2D eigenvalue weighted by Gasteiger charge is -2.08. The van der Waals surface area contributed by atoms with Gasteiger partial charge in [-0.15, -0.1) is 11.3 Å². The van der Waals surface area contributed by atoms with Crippen LogP contribution in [-0.2, 0) is 6.54 Å². The Morgan fingerprint density at radius 2 is 2.47 bits per heavy atom. The predicted octanol–water partition coefficient (Wildman–Crippen LogP) is 2.50. The number of hydrogen-bond donors (Lipinski definition) is 1. The zero-order valence-corrected chi connectivity index (χ0v) is 9.94. The number of nitrogens with zero attached hydrogens (tertiary/aromatic N) is 2. The third-order valence-electron chi connectivity index (χ3n) is 2.23. The predicted molar refractivity (Wildman–Crippen MR) is 62.7 cm³/mol. The maximum atomic E-state index is 10.4. The molecule has 0 aromatic carbocycles. The van der Waals surface area contributed by atoms with Gasteiger partial charge in [-0.05, 0) is 13.0 Å². The van der Waals surface area contributed by atoms with Gasteiger partial charge >= 0.3 is 5.88 Å². The van der Waals surface area contributed by atoms with Crippen molar-refractivity contribution in [3.8, 4) is 0 Å². The molecule has 0 radical (unpaired) electrons. The molecule has 0 aliphatic heterocycles. The summed E-state index contributed by atoms with van der Waals surface area (Å²) in [4.78, 5) is 14.1. The van der Waals surface area contributed by atoms with Gasteiger partial charge in [0, 0.05) is 11.6 Å². The van der Waals surface area contributed by atoms with E-state index in [1.165, 1.54) is 6.07 Å². The van der Waals surface area contributed by atoms with Crippen molar-refractivity contribution >= 4 is 17.2 Å². The number of nitrogens with one attached hydrogen (secondary N) is 1. The summed E-state index contributed by atoms with van der Waals surface area (Å²) in [6.07, 6.45) is 1.75. The van der Waals surface area contributed by atoms with Crippen molar-refractivity contribution in [2.75, 3.05) is 0 Å². The zero-order chi connectivity index (χ0) is 12.3. The van der Waals surface area contributed by atoms with Crippen molar-refractivity contribution in [2.45, 2.75) is 19.5 Å². The van der Waals surface area contributed by atoms with Crippen LogP contribution in [0.5, 0.6) is 0 Å². The maximum absolute atomic E-state index is 10.4. The second-order valence-electron chi connectivity index (χ2n) is 3.47. The van der Waals surface area contributed by atoms with E-state index in [4.69, 9.17) is 4.42 Å². The highest BCUT2D eigenvalue weighted by atomic mass is 32.1. The fourth-order valence-corrected chi connectivity index (χ4v) is 2.02. The molecule has 2 aromatic rings. The molecule has 0 spiro atoms. The molecule has 0 saturated carbocycles. The molecule has 2 aromatic heterocycles. The van der Waals surface area contributed by atoms with Crippen molar-refractivity contribution < 1.29 is 9.34 Å². The minimum absolute atomic E-state index is 0.0964. The zero-order valence-electron chi connectivity index (χ0n) is 9.12. The largest absolute Gasteiger partial charge is 0.433 e. The van der Waals surface area contributed by atoms with Gasteiger partial charge < -0.3 is 9.73 Å². The van der Waals surface area contributed by atoms with Gasteiger partial charge in [0.25, 0.3) is 0 Å². The number of rotatable bonds is 5. The molecule has 90 valence electrons. The Morgan fingerprint density at radius 3 is 3.06 bits per heavy atom. The lowest BCUT2D eigenvalue weighted by atomic mass is 10.3. The van der Waals surface area contributed by atoms with Crippen LogP contribution in [0.2, 0.25) is 0 Å². The van der Waals surface area contributed by atoms with Gasteiger partial charge in [-0.3, -0.25) is 10.1 Å². The molecule has 17 heavy (non-hydrogen) atoms. The molecule has 0 aliphatic rings. The fourth-order valence-electron chi connectivity index (χ4n) is 1.35. The summed E-state index contributed by atoms with van der Waals surface area (Å²) in [5, 5.41) is 16.5. The van der Waals surface area contributed by atoms with Crippen LogP contribution in [0.1, 0.15) is 23.7 Å². The monoisotopic (exact) mass is 253 g/mol. The van der Waals surface area contributed by atoms with E-state index in [1.54, 1.807) is 23.6 Å². The third-order valence-corrected chi connectivity index (χ3v) is 3.19. The minimum atomic E-state index is -0.548. The molecule has 0 saturated heterocycles. The lowest BCUT2D eigenvalue weighted by molar-refractivity contribution is -0.402. The molecule has 2 rings (SSSR count). The first-order valence-electron chi connectivity index (χ1n) is 5.02. The van der Waals surface area contributed by atoms with Crippen LogP contribution in [0.15, 0.2) is 28.1 Å². The molecule has 0 aliphatic carbocycles. The van der Waals surface area contributed by atoms with Crippen LogP contribution in [-0.4, -0.2) is 9.91 Å². The van der Waals surface area contributed by atoms with E-state index in [-0.39, 0.29) is 11.9 Å². The SMILES string of the molecule is CC(NCc1ccc([N+](=O)[O-])o1)c1nccs1. The van der Waals surface area contributed by atoms with Crippen molar-refractivity contribution in [3.63, 3.8) is 0 Å². The topological polar surface area (TPSA) is 81.2 Å². The Bertz CT molecular complexity index is 495. The summed E-state index contributed by atoms with van der Waals surface area (Å²) in [6, 6.07) is 3.05. The molecule has 1 N–H and O–H groups in total. The van der Waals surface area contributed by atoms with Gasteiger partial charge in [0.05, 0.1) is 18.7 Å². The maximum Gasteiger partial charge on any atom is 0.433 e. The fraction of sp³-hybridized carbons (Fsp3) is 0.300. The Kier molecular flexibility index (Phi) is 3.50. The highest BCUT2D eigenvalue weighted by molar-refractivity contribution is 7.09. The second-order valence-corrected chi connectivity index (χ2v) is 4.40. The molecular formula is C10H11N3O3S. The second kappa shape index (κ2) is 5.07. The molecule has 6 nitrogen and oxygen atoms in total. The van der Waals surface area contributed by atoms with Gasteiger partial charge in [-0.1, -0.05) is 0 Å². The van der Waals surface area contributed by atoms with Crippen molar-refractivity contribution in [1.82, 2.24) is 10.3 Å². The van der Waals surface area contributed by atoms with E-state index in [9.17, 15) is 10.1 Å². The van der Waals surface area contributed by atoms with Gasteiger partial charge in [0.2, 0.25) is 0 Å². The van der Waals surface area contributed by atoms with Gasteiger partial charge in [-0.25, -0.2) is 4.98 Å². The Hall–Kier alpha value is -1.73. The average molecular weight is 253 g/mol. The number of hydrogen-bond acceptors (Lipinski definition) is 6. The summed E-state index contributed by atoms with van der Waals surface area (Å²) in [5.74, 6) is 0.309. The molecular weight excluding hydrogens is 242 g/mol. The van der Waals surface area contributed by atoms with Gasteiger partial charge in [0.1, 0.15) is 15.7 Å². The Morgan fingerprint density at radius 1 is 1.65 bits per heavy atom. The van der Waals surface area contributed by atoms with E-state index in [0.717, 1.165) is 5.01 Å².